The van der Waals surface area contributed by atoms with Crippen LogP contribution in [0.4, 0.5) is 0 Å². The highest BCUT2D eigenvalue weighted by atomic mass is 14.7. The number of pyridine rings is 8. The topological polar surface area (TPSA) is 103 Å². The lowest BCUT2D eigenvalue weighted by molar-refractivity contribution is 1.36. The summed E-state index contributed by atoms with van der Waals surface area (Å²) in [6.07, 6.45) is 20.1. The van der Waals surface area contributed by atoms with Crippen molar-refractivity contribution in [3.05, 3.63) is 196 Å². The largest absolute Gasteiger partial charge is 0.264 e. The van der Waals surface area contributed by atoms with Gasteiger partial charge in [0, 0.05) is 111 Å². The molecule has 12 aromatic rings. The summed E-state index contributed by atoms with van der Waals surface area (Å²) in [6.45, 7) is 0. The van der Waals surface area contributed by atoms with Crippen LogP contribution in [0.1, 0.15) is 0 Å². The van der Waals surface area contributed by atoms with E-state index in [0.29, 0.717) is 0 Å². The zero-order chi connectivity index (χ0) is 37.5. The smallest absolute Gasteiger partial charge is 0.0709 e. The zero-order valence-electron chi connectivity index (χ0n) is 30.1. The van der Waals surface area contributed by atoms with E-state index in [-0.39, 0.29) is 0 Å². The van der Waals surface area contributed by atoms with Crippen molar-refractivity contribution in [3.63, 3.8) is 0 Å². The molecule has 0 saturated heterocycles. The molecule has 0 fully saturated rings. The molecule has 0 aliphatic heterocycles. The van der Waals surface area contributed by atoms with Crippen LogP contribution in [0, 0.1) is 0 Å². The molecule has 0 spiro atoms. The number of hydrogen-bond donors (Lipinski definition) is 0. The summed E-state index contributed by atoms with van der Waals surface area (Å²) in [4.78, 5) is 33.8. The number of nitrogens with zero attached hydrogens (tertiary/aromatic N) is 8. The Labute approximate surface area is 321 Å². The van der Waals surface area contributed by atoms with E-state index in [0.717, 1.165) is 65.3 Å². The molecule has 0 amide bonds. The Bertz CT molecular complexity index is 2430. The highest BCUT2D eigenvalue weighted by molar-refractivity contribution is 5.98. The lowest BCUT2D eigenvalue weighted by Crippen LogP contribution is -1.81. The fourth-order valence-corrected chi connectivity index (χ4v) is 6.61. The maximum atomic E-state index is 4.31. The van der Waals surface area contributed by atoms with Crippen LogP contribution >= 0.6 is 0 Å². The predicted molar refractivity (Wildman–Crippen MR) is 228 cm³/mol. The Morgan fingerprint density at radius 3 is 0.821 bits per heavy atom. The molecule has 0 bridgehead atoms. The van der Waals surface area contributed by atoms with E-state index in [1.807, 2.05) is 104 Å². The Kier molecular flexibility index (Phi) is 9.48. The number of aromatic nitrogens is 8. The van der Waals surface area contributed by atoms with Gasteiger partial charge in [-0.1, -0.05) is 30.3 Å². The van der Waals surface area contributed by atoms with Crippen molar-refractivity contribution in [2.75, 3.05) is 0 Å². The highest BCUT2D eigenvalue weighted by Crippen LogP contribution is 2.22. The zero-order valence-corrected chi connectivity index (χ0v) is 30.1. The number of benzene rings is 4. The number of rotatable bonds is 0. The standard InChI is InChI=1S/4C12H8N2/c1-3-9-7-12-10(4-2-6-14-12)8-11(9)13-5-1;2*1-2-10-6-11-8-13-5-3-9(11)7-12(10)14-4-1;1-2-10-6-9-3-5-13-8-11(9)7-12(10)14-4-1/h4*1-8H. The quantitative estimate of drug-likeness (QED) is 0.143. The molecular weight excluding hydrogens is 689 g/mol. The van der Waals surface area contributed by atoms with Gasteiger partial charge in [0.2, 0.25) is 0 Å². The average Bonchev–Trinajstić information content (AvgIpc) is 3.27. The summed E-state index contributed by atoms with van der Waals surface area (Å²) in [6, 6.07) is 42.8. The Morgan fingerprint density at radius 1 is 0.214 bits per heavy atom. The molecule has 12 rings (SSSR count). The minimum absolute atomic E-state index is 1.02. The van der Waals surface area contributed by atoms with E-state index >= 15 is 0 Å². The van der Waals surface area contributed by atoms with Gasteiger partial charge in [0.15, 0.2) is 0 Å². The van der Waals surface area contributed by atoms with Crippen molar-refractivity contribution >= 4 is 86.8 Å². The summed E-state index contributed by atoms with van der Waals surface area (Å²) in [5.41, 5.74) is 5.13. The predicted octanol–water partition coefficient (Wildman–Crippen LogP) is 11.1. The Hall–Kier alpha value is -7.84. The third-order valence-corrected chi connectivity index (χ3v) is 9.41. The normalized spacial score (nSPS) is 10.9. The van der Waals surface area contributed by atoms with Crippen molar-refractivity contribution in [2.45, 2.75) is 0 Å². The van der Waals surface area contributed by atoms with Crippen molar-refractivity contribution in [1.82, 2.24) is 39.9 Å². The van der Waals surface area contributed by atoms with Gasteiger partial charge in [-0.15, -0.1) is 0 Å². The molecule has 4 aromatic carbocycles. The summed E-state index contributed by atoms with van der Waals surface area (Å²) in [5.74, 6) is 0. The lowest BCUT2D eigenvalue weighted by atomic mass is 10.1. The summed E-state index contributed by atoms with van der Waals surface area (Å²) in [7, 11) is 0. The SMILES string of the molecule is c1cnc2cc3cccnc3cc2c1.c1cnc2cc3ccncc3cc2c1.c1cnc2cc3ccncc3cc2c1.c1cnc2cc3cnccc3cc2c1. The molecule has 0 saturated carbocycles. The molecule has 0 aliphatic carbocycles. The van der Waals surface area contributed by atoms with Crippen LogP contribution in [-0.4, -0.2) is 39.9 Å². The molecule has 0 aliphatic rings. The molecule has 8 heterocycles. The van der Waals surface area contributed by atoms with Gasteiger partial charge < -0.3 is 0 Å². The van der Waals surface area contributed by atoms with Gasteiger partial charge in [-0.05, 0) is 113 Å². The van der Waals surface area contributed by atoms with Gasteiger partial charge in [-0.25, -0.2) is 0 Å². The fourth-order valence-electron chi connectivity index (χ4n) is 6.61. The van der Waals surface area contributed by atoms with Crippen LogP contribution in [0.15, 0.2) is 196 Å². The second kappa shape index (κ2) is 15.6. The minimum atomic E-state index is 1.02. The summed E-state index contributed by atoms with van der Waals surface area (Å²) < 4.78 is 0. The van der Waals surface area contributed by atoms with Crippen LogP contribution in [0.2, 0.25) is 0 Å². The average molecular weight is 721 g/mol. The van der Waals surface area contributed by atoms with E-state index in [1.165, 1.54) is 21.5 Å². The fraction of sp³-hybridized carbons (Fsp3) is 0. The summed E-state index contributed by atoms with van der Waals surface area (Å²) >= 11 is 0. The summed E-state index contributed by atoms with van der Waals surface area (Å²) in [5, 5.41) is 12.8. The van der Waals surface area contributed by atoms with Crippen molar-refractivity contribution in [1.29, 1.82) is 0 Å². The molecule has 8 nitrogen and oxygen atoms in total. The maximum absolute atomic E-state index is 4.31. The molecule has 0 radical (unpaired) electrons. The van der Waals surface area contributed by atoms with Crippen LogP contribution in [0.3, 0.4) is 0 Å². The maximum Gasteiger partial charge on any atom is 0.0709 e. The van der Waals surface area contributed by atoms with Crippen molar-refractivity contribution in [2.24, 2.45) is 0 Å². The number of hydrogen-bond acceptors (Lipinski definition) is 8. The van der Waals surface area contributed by atoms with Crippen LogP contribution < -0.4 is 0 Å². The first-order valence-electron chi connectivity index (χ1n) is 18.1. The molecule has 8 aromatic heterocycles. The molecule has 8 heteroatoms. The Balaban J connectivity index is 0.0000000975. The first-order valence-corrected chi connectivity index (χ1v) is 18.1. The van der Waals surface area contributed by atoms with E-state index in [1.54, 1.807) is 12.4 Å². The Morgan fingerprint density at radius 2 is 0.464 bits per heavy atom. The third-order valence-electron chi connectivity index (χ3n) is 9.41. The first-order chi connectivity index (χ1) is 27.7. The van der Waals surface area contributed by atoms with Gasteiger partial charge in [0.25, 0.3) is 0 Å². The lowest BCUT2D eigenvalue weighted by Gasteiger charge is -1.99. The molecule has 0 unspecified atom stereocenters. The van der Waals surface area contributed by atoms with E-state index in [4.69, 9.17) is 0 Å². The molecular formula is C48H32N8. The monoisotopic (exact) mass is 720 g/mol. The number of fused-ring (bicyclic) bond motifs is 8. The molecule has 56 heavy (non-hydrogen) atoms. The highest BCUT2D eigenvalue weighted by Gasteiger charge is 2.00. The van der Waals surface area contributed by atoms with Gasteiger partial charge >= 0.3 is 0 Å². The van der Waals surface area contributed by atoms with Crippen LogP contribution in [-0.2, 0) is 0 Å². The minimum Gasteiger partial charge on any atom is -0.264 e. The van der Waals surface area contributed by atoms with Gasteiger partial charge in [-0.2, -0.15) is 0 Å². The molecule has 264 valence electrons. The van der Waals surface area contributed by atoms with Gasteiger partial charge in [0.1, 0.15) is 0 Å². The van der Waals surface area contributed by atoms with Gasteiger partial charge in [0.05, 0.1) is 27.6 Å². The van der Waals surface area contributed by atoms with Crippen molar-refractivity contribution < 1.29 is 0 Å². The second-order valence-corrected chi connectivity index (χ2v) is 13.1. The van der Waals surface area contributed by atoms with Crippen LogP contribution in [0.5, 0.6) is 0 Å². The van der Waals surface area contributed by atoms with Crippen LogP contribution in [0.25, 0.3) is 86.8 Å². The van der Waals surface area contributed by atoms with E-state index in [9.17, 15) is 0 Å². The van der Waals surface area contributed by atoms with Crippen molar-refractivity contribution in [3.8, 4) is 0 Å². The molecule has 0 atom stereocenters. The second-order valence-electron chi connectivity index (χ2n) is 13.1. The molecule has 0 N–H and O–H groups in total. The van der Waals surface area contributed by atoms with E-state index in [2.05, 4.69) is 119 Å². The third kappa shape index (κ3) is 7.48. The van der Waals surface area contributed by atoms with E-state index < -0.39 is 0 Å². The first kappa shape index (κ1) is 34.0. The van der Waals surface area contributed by atoms with Gasteiger partial charge in [-0.3, -0.25) is 39.9 Å².